The highest BCUT2D eigenvalue weighted by atomic mass is 16.5. The smallest absolute Gasteiger partial charge is 0.357 e. The Kier molecular flexibility index (Phi) is 3.69. The predicted molar refractivity (Wildman–Crippen MR) is 69.8 cm³/mol. The van der Waals surface area contributed by atoms with Gasteiger partial charge in [-0.2, -0.15) is 0 Å². The number of hydrogen-bond acceptors (Lipinski definition) is 5. The number of carboxylic acids is 1. The van der Waals surface area contributed by atoms with Crippen molar-refractivity contribution in [3.63, 3.8) is 0 Å². The Morgan fingerprint density at radius 3 is 2.70 bits per heavy atom. The minimum atomic E-state index is -1.17. The average Bonchev–Trinajstić information content (AvgIpc) is 2.87. The lowest BCUT2D eigenvalue weighted by atomic mass is 10.2. The summed E-state index contributed by atoms with van der Waals surface area (Å²) < 4.78 is 10.2. The second-order valence-corrected chi connectivity index (χ2v) is 3.94. The van der Waals surface area contributed by atoms with Crippen LogP contribution >= 0.6 is 0 Å². The van der Waals surface area contributed by atoms with Crippen LogP contribution in [0, 0.1) is 0 Å². The maximum atomic E-state index is 11.1. The van der Waals surface area contributed by atoms with Crippen LogP contribution in [0.1, 0.15) is 17.4 Å². The highest BCUT2D eigenvalue weighted by Crippen LogP contribution is 2.30. The van der Waals surface area contributed by atoms with E-state index in [1.165, 1.54) is 14.0 Å². The first-order chi connectivity index (χ1) is 9.51. The molecule has 0 unspecified atom stereocenters. The van der Waals surface area contributed by atoms with E-state index >= 15 is 0 Å². The summed E-state index contributed by atoms with van der Waals surface area (Å²) in [5, 5.41) is 11.4. The van der Waals surface area contributed by atoms with Crippen molar-refractivity contribution >= 4 is 17.6 Å². The molecule has 20 heavy (non-hydrogen) atoms. The van der Waals surface area contributed by atoms with E-state index in [1.807, 2.05) is 0 Å². The fourth-order valence-electron chi connectivity index (χ4n) is 1.63. The van der Waals surface area contributed by atoms with Gasteiger partial charge >= 0.3 is 5.97 Å². The van der Waals surface area contributed by atoms with E-state index in [9.17, 15) is 9.59 Å². The standard InChI is InChI=1S/C13H12N2O5/c1-7(16)14-9-5-8(3-4-11(9)19-2)12-15-10(6-20-12)13(17)18/h3-6H,1-2H3,(H,14,16)(H,17,18). The topological polar surface area (TPSA) is 102 Å². The minimum absolute atomic E-state index is 0.150. The van der Waals surface area contributed by atoms with Crippen molar-refractivity contribution < 1.29 is 23.8 Å². The Morgan fingerprint density at radius 1 is 1.40 bits per heavy atom. The molecule has 1 heterocycles. The Bertz CT molecular complexity index is 663. The van der Waals surface area contributed by atoms with Gasteiger partial charge in [0.05, 0.1) is 12.8 Å². The maximum absolute atomic E-state index is 11.1. The number of oxazole rings is 1. The normalized spacial score (nSPS) is 10.1. The number of benzene rings is 1. The van der Waals surface area contributed by atoms with Gasteiger partial charge in [-0.3, -0.25) is 4.79 Å². The first-order valence-electron chi connectivity index (χ1n) is 5.66. The third-order valence-corrected chi connectivity index (χ3v) is 2.48. The number of amides is 1. The zero-order valence-electron chi connectivity index (χ0n) is 10.8. The van der Waals surface area contributed by atoms with Gasteiger partial charge in [0.25, 0.3) is 0 Å². The van der Waals surface area contributed by atoms with Crippen LogP contribution in [0.15, 0.2) is 28.9 Å². The Hall–Kier alpha value is -2.83. The van der Waals surface area contributed by atoms with Crippen molar-refractivity contribution in [2.45, 2.75) is 6.92 Å². The number of rotatable bonds is 4. The highest BCUT2D eigenvalue weighted by Gasteiger charge is 2.14. The van der Waals surface area contributed by atoms with Gasteiger partial charge in [0, 0.05) is 12.5 Å². The average molecular weight is 276 g/mol. The van der Waals surface area contributed by atoms with Gasteiger partial charge in [0.15, 0.2) is 5.69 Å². The molecule has 0 fully saturated rings. The van der Waals surface area contributed by atoms with E-state index in [4.69, 9.17) is 14.3 Å². The van der Waals surface area contributed by atoms with Crippen LogP contribution < -0.4 is 10.1 Å². The monoisotopic (exact) mass is 276 g/mol. The van der Waals surface area contributed by atoms with E-state index in [-0.39, 0.29) is 17.5 Å². The van der Waals surface area contributed by atoms with Crippen molar-refractivity contribution in [1.29, 1.82) is 0 Å². The summed E-state index contributed by atoms with van der Waals surface area (Å²) in [7, 11) is 1.48. The van der Waals surface area contributed by atoms with Crippen LogP contribution in [0.3, 0.4) is 0 Å². The first kappa shape index (κ1) is 13.6. The number of aromatic nitrogens is 1. The number of carbonyl (C=O) groups is 2. The SMILES string of the molecule is COc1ccc(-c2nc(C(=O)O)co2)cc1NC(C)=O. The number of nitrogens with one attached hydrogen (secondary N) is 1. The molecule has 0 bridgehead atoms. The van der Waals surface area contributed by atoms with Crippen LogP contribution in [0.5, 0.6) is 5.75 Å². The molecule has 0 spiro atoms. The van der Waals surface area contributed by atoms with Crippen LogP contribution in [-0.2, 0) is 4.79 Å². The molecule has 0 aliphatic carbocycles. The first-order valence-corrected chi connectivity index (χ1v) is 5.66. The molecule has 0 saturated carbocycles. The molecular weight excluding hydrogens is 264 g/mol. The summed E-state index contributed by atoms with van der Waals surface area (Å²) >= 11 is 0. The van der Waals surface area contributed by atoms with Gasteiger partial charge in [-0.1, -0.05) is 0 Å². The molecule has 1 aromatic heterocycles. The molecule has 104 valence electrons. The number of hydrogen-bond donors (Lipinski definition) is 2. The van der Waals surface area contributed by atoms with Gasteiger partial charge in [-0.15, -0.1) is 0 Å². The number of carboxylic acid groups (broad SMARTS) is 1. The molecule has 0 aliphatic rings. The summed E-state index contributed by atoms with van der Waals surface area (Å²) in [4.78, 5) is 25.7. The van der Waals surface area contributed by atoms with E-state index in [2.05, 4.69) is 10.3 Å². The third-order valence-electron chi connectivity index (χ3n) is 2.48. The largest absolute Gasteiger partial charge is 0.495 e. The summed E-state index contributed by atoms with van der Waals surface area (Å²) in [6.45, 7) is 1.37. The van der Waals surface area contributed by atoms with E-state index in [0.717, 1.165) is 6.26 Å². The number of carbonyl (C=O) groups excluding carboxylic acids is 1. The molecule has 0 saturated heterocycles. The van der Waals surface area contributed by atoms with Gasteiger partial charge in [-0.25, -0.2) is 9.78 Å². The Labute approximate surface area is 114 Å². The predicted octanol–water partition coefficient (Wildman–Crippen LogP) is 2.01. The minimum Gasteiger partial charge on any atom is -0.495 e. The second kappa shape index (κ2) is 5.43. The summed E-state index contributed by atoms with van der Waals surface area (Å²) in [5.41, 5.74) is 0.798. The van der Waals surface area contributed by atoms with Gasteiger partial charge in [-0.05, 0) is 18.2 Å². The Morgan fingerprint density at radius 2 is 2.15 bits per heavy atom. The summed E-state index contributed by atoms with van der Waals surface area (Å²) in [5.74, 6) is -0.791. The zero-order chi connectivity index (χ0) is 14.7. The fourth-order valence-corrected chi connectivity index (χ4v) is 1.63. The number of aromatic carboxylic acids is 1. The van der Waals surface area contributed by atoms with Crippen molar-refractivity contribution in [2.24, 2.45) is 0 Å². The number of ether oxygens (including phenoxy) is 1. The molecule has 7 heteroatoms. The second-order valence-electron chi connectivity index (χ2n) is 3.94. The van der Waals surface area contributed by atoms with E-state index in [1.54, 1.807) is 18.2 Å². The van der Waals surface area contributed by atoms with Crippen LogP contribution in [0.2, 0.25) is 0 Å². The molecule has 2 N–H and O–H groups in total. The van der Waals surface area contributed by atoms with Gasteiger partial charge in [0.2, 0.25) is 11.8 Å². The molecule has 0 radical (unpaired) electrons. The number of nitrogens with zero attached hydrogens (tertiary/aromatic N) is 1. The molecular formula is C13H12N2O5. The third kappa shape index (κ3) is 2.77. The van der Waals surface area contributed by atoms with Crippen molar-refractivity contribution in [1.82, 2.24) is 4.98 Å². The molecule has 7 nitrogen and oxygen atoms in total. The quantitative estimate of drug-likeness (QED) is 0.885. The van der Waals surface area contributed by atoms with Gasteiger partial charge < -0.3 is 19.6 Å². The number of methoxy groups -OCH3 is 1. The van der Waals surface area contributed by atoms with E-state index < -0.39 is 5.97 Å². The van der Waals surface area contributed by atoms with Crippen LogP contribution in [0.4, 0.5) is 5.69 Å². The molecule has 1 aromatic carbocycles. The van der Waals surface area contributed by atoms with Crippen molar-refractivity contribution in [3.8, 4) is 17.2 Å². The lowest BCUT2D eigenvalue weighted by molar-refractivity contribution is -0.114. The van der Waals surface area contributed by atoms with Crippen molar-refractivity contribution in [2.75, 3.05) is 12.4 Å². The van der Waals surface area contributed by atoms with Crippen molar-refractivity contribution in [3.05, 3.63) is 30.2 Å². The lowest BCUT2D eigenvalue weighted by Gasteiger charge is -2.09. The molecule has 0 atom stereocenters. The number of anilines is 1. The van der Waals surface area contributed by atoms with E-state index in [0.29, 0.717) is 17.0 Å². The maximum Gasteiger partial charge on any atom is 0.357 e. The lowest BCUT2D eigenvalue weighted by Crippen LogP contribution is -2.07. The van der Waals surface area contributed by atoms with Crippen LogP contribution in [0.25, 0.3) is 11.5 Å². The fraction of sp³-hybridized carbons (Fsp3) is 0.154. The summed E-state index contributed by atoms with van der Waals surface area (Å²) in [6, 6.07) is 4.88. The van der Waals surface area contributed by atoms with Crippen LogP contribution in [-0.4, -0.2) is 29.1 Å². The molecule has 2 rings (SSSR count). The Balaban J connectivity index is 2.41. The molecule has 1 amide bonds. The molecule has 2 aromatic rings. The highest BCUT2D eigenvalue weighted by molar-refractivity contribution is 5.91. The zero-order valence-corrected chi connectivity index (χ0v) is 10.8. The van der Waals surface area contributed by atoms with Gasteiger partial charge in [0.1, 0.15) is 12.0 Å². The molecule has 0 aliphatic heterocycles. The summed E-state index contributed by atoms with van der Waals surface area (Å²) in [6.07, 6.45) is 1.06.